The third kappa shape index (κ3) is 3.39. The van der Waals surface area contributed by atoms with Crippen molar-refractivity contribution < 1.29 is 9.53 Å². The molecule has 0 aromatic heterocycles. The minimum absolute atomic E-state index is 0.0229. The molecular formula is C16H13BrClNO2. The highest BCUT2D eigenvalue weighted by atomic mass is 79.9. The van der Waals surface area contributed by atoms with Crippen molar-refractivity contribution in [2.24, 2.45) is 0 Å². The van der Waals surface area contributed by atoms with Gasteiger partial charge < -0.3 is 9.64 Å². The predicted octanol–water partition coefficient (Wildman–Crippen LogP) is 4.02. The molecule has 1 aliphatic rings. The van der Waals surface area contributed by atoms with Crippen LogP contribution in [0.25, 0.3) is 0 Å². The zero-order valence-corrected chi connectivity index (χ0v) is 13.5. The molecule has 0 aliphatic carbocycles. The highest BCUT2D eigenvalue weighted by Gasteiger charge is 2.21. The number of carbonyl (C=O) groups excluding carboxylic acids is 1. The minimum Gasteiger partial charge on any atom is -0.483 e. The van der Waals surface area contributed by atoms with Gasteiger partial charge in [0, 0.05) is 28.1 Å². The first-order valence-electron chi connectivity index (χ1n) is 6.55. The number of fused-ring (bicyclic) bond motifs is 1. The standard InChI is InChI=1S/C16H13BrClNO2/c17-13-3-1-11(2-4-13)8-19-9-12-7-14(18)5-6-15(12)21-10-16(19)20/h1-7H,8-10H2. The van der Waals surface area contributed by atoms with E-state index in [9.17, 15) is 4.79 Å². The molecule has 21 heavy (non-hydrogen) atoms. The average Bonchev–Trinajstić information content (AvgIpc) is 2.61. The highest BCUT2D eigenvalue weighted by Crippen LogP contribution is 2.27. The molecule has 1 heterocycles. The van der Waals surface area contributed by atoms with E-state index in [-0.39, 0.29) is 12.5 Å². The Morgan fingerprint density at radius 2 is 1.95 bits per heavy atom. The monoisotopic (exact) mass is 365 g/mol. The van der Waals surface area contributed by atoms with Crippen molar-refractivity contribution in [3.05, 3.63) is 63.1 Å². The van der Waals surface area contributed by atoms with Crippen LogP contribution in [0.1, 0.15) is 11.1 Å². The molecule has 2 aromatic rings. The number of hydrogen-bond acceptors (Lipinski definition) is 2. The zero-order chi connectivity index (χ0) is 14.8. The molecular weight excluding hydrogens is 354 g/mol. The summed E-state index contributed by atoms with van der Waals surface area (Å²) in [7, 11) is 0. The molecule has 2 aromatic carbocycles. The third-order valence-corrected chi connectivity index (χ3v) is 4.14. The fraction of sp³-hybridized carbons (Fsp3) is 0.188. The number of hydrogen-bond donors (Lipinski definition) is 0. The van der Waals surface area contributed by atoms with Gasteiger partial charge in [0.25, 0.3) is 5.91 Å². The van der Waals surface area contributed by atoms with Crippen LogP contribution < -0.4 is 4.74 Å². The van der Waals surface area contributed by atoms with Crippen LogP contribution in [0.2, 0.25) is 5.02 Å². The number of halogens is 2. The van der Waals surface area contributed by atoms with Gasteiger partial charge in [-0.05, 0) is 35.9 Å². The van der Waals surface area contributed by atoms with Gasteiger partial charge in [0.1, 0.15) is 5.75 Å². The lowest BCUT2D eigenvalue weighted by Crippen LogP contribution is -2.31. The van der Waals surface area contributed by atoms with Crippen molar-refractivity contribution in [3.63, 3.8) is 0 Å². The van der Waals surface area contributed by atoms with Crippen LogP contribution in [0.4, 0.5) is 0 Å². The highest BCUT2D eigenvalue weighted by molar-refractivity contribution is 9.10. The molecule has 1 aliphatic heterocycles. The Kier molecular flexibility index (Phi) is 4.17. The van der Waals surface area contributed by atoms with Crippen LogP contribution >= 0.6 is 27.5 Å². The van der Waals surface area contributed by atoms with Crippen molar-refractivity contribution in [1.29, 1.82) is 0 Å². The molecule has 3 nitrogen and oxygen atoms in total. The maximum Gasteiger partial charge on any atom is 0.261 e. The molecule has 0 bridgehead atoms. The van der Waals surface area contributed by atoms with Gasteiger partial charge in [0.2, 0.25) is 0 Å². The molecule has 0 unspecified atom stereocenters. The van der Waals surface area contributed by atoms with Gasteiger partial charge in [-0.2, -0.15) is 0 Å². The lowest BCUT2D eigenvalue weighted by Gasteiger charge is -2.20. The van der Waals surface area contributed by atoms with E-state index in [0.29, 0.717) is 18.1 Å². The molecule has 5 heteroatoms. The fourth-order valence-corrected chi connectivity index (χ4v) is 2.75. The summed E-state index contributed by atoms with van der Waals surface area (Å²) in [6.45, 7) is 1.12. The Morgan fingerprint density at radius 1 is 1.19 bits per heavy atom. The van der Waals surface area contributed by atoms with Crippen molar-refractivity contribution in [3.8, 4) is 5.75 Å². The fourth-order valence-electron chi connectivity index (χ4n) is 2.29. The molecule has 108 valence electrons. The van der Waals surface area contributed by atoms with E-state index in [1.54, 1.807) is 11.0 Å². The SMILES string of the molecule is O=C1COc2ccc(Cl)cc2CN1Cc1ccc(Br)cc1. The quantitative estimate of drug-likeness (QED) is 0.803. The number of rotatable bonds is 2. The van der Waals surface area contributed by atoms with Crippen molar-refractivity contribution in [2.75, 3.05) is 6.61 Å². The van der Waals surface area contributed by atoms with Crippen LogP contribution in [-0.2, 0) is 17.9 Å². The molecule has 0 N–H and O–H groups in total. The molecule has 0 spiro atoms. The molecule has 0 fully saturated rings. The van der Waals surface area contributed by atoms with Gasteiger partial charge in [-0.15, -0.1) is 0 Å². The van der Waals surface area contributed by atoms with E-state index in [0.717, 1.165) is 21.3 Å². The maximum absolute atomic E-state index is 12.2. The Bertz CT molecular complexity index is 672. The first kappa shape index (κ1) is 14.4. The number of nitrogens with zero attached hydrogens (tertiary/aromatic N) is 1. The average molecular weight is 367 g/mol. The van der Waals surface area contributed by atoms with E-state index in [2.05, 4.69) is 15.9 Å². The molecule has 1 amide bonds. The van der Waals surface area contributed by atoms with Crippen LogP contribution in [0, 0.1) is 0 Å². The first-order valence-corrected chi connectivity index (χ1v) is 7.72. The second-order valence-corrected chi connectivity index (χ2v) is 6.27. The predicted molar refractivity (Wildman–Crippen MR) is 85.3 cm³/mol. The van der Waals surface area contributed by atoms with Gasteiger partial charge in [0.15, 0.2) is 6.61 Å². The van der Waals surface area contributed by atoms with E-state index in [1.807, 2.05) is 36.4 Å². The van der Waals surface area contributed by atoms with Gasteiger partial charge in [-0.1, -0.05) is 39.7 Å². The topological polar surface area (TPSA) is 29.5 Å². The largest absolute Gasteiger partial charge is 0.483 e. The summed E-state index contributed by atoms with van der Waals surface area (Å²) in [5, 5.41) is 0.648. The first-order chi connectivity index (χ1) is 10.1. The van der Waals surface area contributed by atoms with E-state index in [4.69, 9.17) is 16.3 Å². The van der Waals surface area contributed by atoms with Crippen LogP contribution in [0.5, 0.6) is 5.75 Å². The number of carbonyl (C=O) groups is 1. The minimum atomic E-state index is -0.0229. The van der Waals surface area contributed by atoms with Crippen LogP contribution in [0.3, 0.4) is 0 Å². The number of amides is 1. The van der Waals surface area contributed by atoms with Crippen LogP contribution in [-0.4, -0.2) is 17.4 Å². The summed E-state index contributed by atoms with van der Waals surface area (Å²) in [4.78, 5) is 14.0. The normalized spacial score (nSPS) is 14.4. The van der Waals surface area contributed by atoms with E-state index in [1.165, 1.54) is 0 Å². The van der Waals surface area contributed by atoms with E-state index >= 15 is 0 Å². The van der Waals surface area contributed by atoms with Gasteiger partial charge in [-0.25, -0.2) is 0 Å². The summed E-state index contributed by atoms with van der Waals surface area (Å²) in [6, 6.07) is 13.4. The van der Waals surface area contributed by atoms with Gasteiger partial charge >= 0.3 is 0 Å². The molecule has 0 radical (unpaired) electrons. The molecule has 0 saturated heterocycles. The lowest BCUT2D eigenvalue weighted by molar-refractivity contribution is -0.133. The van der Waals surface area contributed by atoms with E-state index < -0.39 is 0 Å². The summed E-state index contributed by atoms with van der Waals surface area (Å²) < 4.78 is 6.57. The Morgan fingerprint density at radius 3 is 2.71 bits per heavy atom. The summed E-state index contributed by atoms with van der Waals surface area (Å²) >= 11 is 9.44. The summed E-state index contributed by atoms with van der Waals surface area (Å²) in [5.41, 5.74) is 2.02. The maximum atomic E-state index is 12.2. The Hall–Kier alpha value is -1.52. The Labute approximate surface area is 136 Å². The summed E-state index contributed by atoms with van der Waals surface area (Å²) in [6.07, 6.45) is 0. The van der Waals surface area contributed by atoms with Crippen molar-refractivity contribution >= 4 is 33.4 Å². The number of ether oxygens (including phenoxy) is 1. The molecule has 0 atom stereocenters. The molecule has 3 rings (SSSR count). The smallest absolute Gasteiger partial charge is 0.261 e. The summed E-state index contributed by atoms with van der Waals surface area (Å²) in [5.74, 6) is 0.705. The second kappa shape index (κ2) is 6.08. The molecule has 0 saturated carbocycles. The van der Waals surface area contributed by atoms with Gasteiger partial charge in [0.05, 0.1) is 0 Å². The van der Waals surface area contributed by atoms with Crippen LogP contribution in [0.15, 0.2) is 46.9 Å². The van der Waals surface area contributed by atoms with Gasteiger partial charge in [-0.3, -0.25) is 4.79 Å². The number of benzene rings is 2. The van der Waals surface area contributed by atoms with Crippen molar-refractivity contribution in [1.82, 2.24) is 4.90 Å². The second-order valence-electron chi connectivity index (χ2n) is 4.92. The Balaban J connectivity index is 1.84. The zero-order valence-electron chi connectivity index (χ0n) is 11.2. The lowest BCUT2D eigenvalue weighted by atomic mass is 10.1. The third-order valence-electron chi connectivity index (χ3n) is 3.37. The van der Waals surface area contributed by atoms with Crippen molar-refractivity contribution in [2.45, 2.75) is 13.1 Å².